The fourth-order valence-electron chi connectivity index (χ4n) is 1.85. The molecule has 1 aromatic carbocycles. The fraction of sp³-hybridized carbons (Fsp3) is 0.200. The first-order valence-corrected chi connectivity index (χ1v) is 6.12. The molecule has 98 valence electrons. The van der Waals surface area contributed by atoms with Gasteiger partial charge in [0.15, 0.2) is 0 Å². The average Bonchev–Trinajstić information content (AvgIpc) is 2.38. The Labute approximate surface area is 112 Å². The number of carbonyl (C=O) groups excluding carboxylic acids is 1. The number of rotatable bonds is 3. The first-order valence-electron chi connectivity index (χ1n) is 6.12. The number of anilines is 2. The molecule has 0 atom stereocenters. The predicted molar refractivity (Wildman–Crippen MR) is 77.7 cm³/mol. The Morgan fingerprint density at radius 1 is 1.11 bits per heavy atom. The van der Waals surface area contributed by atoms with Crippen LogP contribution in [0.2, 0.25) is 0 Å². The lowest BCUT2D eigenvalue weighted by Gasteiger charge is -2.10. The number of amides is 1. The molecule has 0 saturated heterocycles. The lowest BCUT2D eigenvalue weighted by molar-refractivity contribution is 0.102. The number of pyridine rings is 1. The van der Waals surface area contributed by atoms with E-state index in [1.54, 1.807) is 13.2 Å². The molecule has 1 heterocycles. The van der Waals surface area contributed by atoms with Crippen molar-refractivity contribution in [1.82, 2.24) is 4.98 Å². The normalized spacial score (nSPS) is 10.1. The SMILES string of the molecule is CNc1cc(C)ccc1C(=O)Nc1cc(C)ccn1. The Kier molecular flexibility index (Phi) is 3.80. The Bertz CT molecular complexity index is 608. The molecule has 2 aromatic rings. The molecule has 2 N–H and O–H groups in total. The Morgan fingerprint density at radius 2 is 1.84 bits per heavy atom. The molecule has 19 heavy (non-hydrogen) atoms. The highest BCUT2D eigenvalue weighted by atomic mass is 16.1. The van der Waals surface area contributed by atoms with Crippen LogP contribution < -0.4 is 10.6 Å². The van der Waals surface area contributed by atoms with Gasteiger partial charge in [-0.3, -0.25) is 4.79 Å². The van der Waals surface area contributed by atoms with E-state index >= 15 is 0 Å². The van der Waals surface area contributed by atoms with Crippen molar-refractivity contribution >= 4 is 17.4 Å². The van der Waals surface area contributed by atoms with E-state index in [9.17, 15) is 4.79 Å². The minimum atomic E-state index is -0.164. The van der Waals surface area contributed by atoms with Crippen LogP contribution in [0.5, 0.6) is 0 Å². The van der Waals surface area contributed by atoms with Gasteiger partial charge >= 0.3 is 0 Å². The summed E-state index contributed by atoms with van der Waals surface area (Å²) in [5, 5.41) is 5.84. The van der Waals surface area contributed by atoms with Crippen molar-refractivity contribution in [3.63, 3.8) is 0 Å². The molecule has 0 fully saturated rings. The smallest absolute Gasteiger partial charge is 0.258 e. The number of hydrogen-bond donors (Lipinski definition) is 2. The first-order chi connectivity index (χ1) is 9.10. The van der Waals surface area contributed by atoms with Gasteiger partial charge in [0.2, 0.25) is 0 Å². The van der Waals surface area contributed by atoms with Gasteiger partial charge in [-0.15, -0.1) is 0 Å². The molecule has 4 nitrogen and oxygen atoms in total. The van der Waals surface area contributed by atoms with E-state index in [0.717, 1.165) is 16.8 Å². The van der Waals surface area contributed by atoms with E-state index in [-0.39, 0.29) is 5.91 Å². The van der Waals surface area contributed by atoms with Crippen LogP contribution in [0.3, 0.4) is 0 Å². The van der Waals surface area contributed by atoms with E-state index in [4.69, 9.17) is 0 Å². The van der Waals surface area contributed by atoms with Crippen LogP contribution >= 0.6 is 0 Å². The zero-order chi connectivity index (χ0) is 13.8. The number of nitrogens with zero attached hydrogens (tertiary/aromatic N) is 1. The topological polar surface area (TPSA) is 54.0 Å². The van der Waals surface area contributed by atoms with Crippen LogP contribution in [-0.4, -0.2) is 17.9 Å². The molecule has 1 aromatic heterocycles. The summed E-state index contributed by atoms with van der Waals surface area (Å²) in [5.41, 5.74) is 3.58. The summed E-state index contributed by atoms with van der Waals surface area (Å²) in [4.78, 5) is 16.4. The second-order valence-electron chi connectivity index (χ2n) is 4.47. The van der Waals surface area contributed by atoms with Crippen molar-refractivity contribution in [2.24, 2.45) is 0 Å². The van der Waals surface area contributed by atoms with Gasteiger partial charge in [-0.05, 0) is 49.2 Å². The maximum absolute atomic E-state index is 12.2. The molecule has 0 spiro atoms. The van der Waals surface area contributed by atoms with Crippen LogP contribution in [0.15, 0.2) is 36.5 Å². The number of hydrogen-bond acceptors (Lipinski definition) is 3. The van der Waals surface area contributed by atoms with Crippen LogP contribution in [0.4, 0.5) is 11.5 Å². The molecule has 2 rings (SSSR count). The second kappa shape index (κ2) is 5.52. The molecule has 1 amide bonds. The monoisotopic (exact) mass is 255 g/mol. The molecule has 4 heteroatoms. The molecule has 0 aliphatic carbocycles. The van der Waals surface area contributed by atoms with E-state index in [1.165, 1.54) is 0 Å². The molecule has 0 saturated carbocycles. The molecular formula is C15H17N3O. The average molecular weight is 255 g/mol. The highest BCUT2D eigenvalue weighted by Gasteiger charge is 2.11. The van der Waals surface area contributed by atoms with E-state index in [1.807, 2.05) is 44.2 Å². The van der Waals surface area contributed by atoms with Crippen molar-refractivity contribution in [2.45, 2.75) is 13.8 Å². The third kappa shape index (κ3) is 3.10. The van der Waals surface area contributed by atoms with Gasteiger partial charge < -0.3 is 10.6 Å². The fourth-order valence-corrected chi connectivity index (χ4v) is 1.85. The lowest BCUT2D eigenvalue weighted by atomic mass is 10.1. The predicted octanol–water partition coefficient (Wildman–Crippen LogP) is 2.99. The molecule has 0 unspecified atom stereocenters. The van der Waals surface area contributed by atoms with E-state index < -0.39 is 0 Å². The number of aromatic nitrogens is 1. The molecular weight excluding hydrogens is 238 g/mol. The molecule has 0 aliphatic heterocycles. The van der Waals surface area contributed by atoms with Crippen molar-refractivity contribution in [1.29, 1.82) is 0 Å². The molecule has 0 bridgehead atoms. The Balaban J connectivity index is 2.25. The van der Waals surface area contributed by atoms with Crippen LogP contribution in [0, 0.1) is 13.8 Å². The summed E-state index contributed by atoms with van der Waals surface area (Å²) in [6.45, 7) is 3.95. The van der Waals surface area contributed by atoms with Gasteiger partial charge in [0.25, 0.3) is 5.91 Å². The van der Waals surface area contributed by atoms with Crippen molar-refractivity contribution < 1.29 is 4.79 Å². The highest BCUT2D eigenvalue weighted by molar-refractivity contribution is 6.07. The third-order valence-electron chi connectivity index (χ3n) is 2.85. The maximum Gasteiger partial charge on any atom is 0.258 e. The van der Waals surface area contributed by atoms with Crippen LogP contribution in [0.1, 0.15) is 21.5 Å². The standard InChI is InChI=1S/C15H17N3O/c1-10-4-5-12(13(8-10)16-3)15(19)18-14-9-11(2)6-7-17-14/h4-9,16H,1-3H3,(H,17,18,19). The summed E-state index contributed by atoms with van der Waals surface area (Å²) in [5.74, 6) is 0.398. The number of benzene rings is 1. The van der Waals surface area contributed by atoms with Gasteiger partial charge in [0, 0.05) is 18.9 Å². The van der Waals surface area contributed by atoms with Crippen molar-refractivity contribution in [3.05, 3.63) is 53.2 Å². The largest absolute Gasteiger partial charge is 0.387 e. The quantitative estimate of drug-likeness (QED) is 0.886. The number of aryl methyl sites for hydroxylation is 2. The summed E-state index contributed by atoms with van der Waals surface area (Å²) in [6, 6.07) is 9.40. The van der Waals surface area contributed by atoms with Gasteiger partial charge in [0.1, 0.15) is 5.82 Å². The summed E-state index contributed by atoms with van der Waals surface area (Å²) >= 11 is 0. The summed E-state index contributed by atoms with van der Waals surface area (Å²) < 4.78 is 0. The van der Waals surface area contributed by atoms with Gasteiger partial charge in [-0.25, -0.2) is 4.98 Å². The van der Waals surface area contributed by atoms with Crippen molar-refractivity contribution in [3.8, 4) is 0 Å². The van der Waals surface area contributed by atoms with Crippen molar-refractivity contribution in [2.75, 3.05) is 17.7 Å². The van der Waals surface area contributed by atoms with Gasteiger partial charge in [-0.2, -0.15) is 0 Å². The van der Waals surface area contributed by atoms with Gasteiger partial charge in [0.05, 0.1) is 5.56 Å². The number of nitrogens with one attached hydrogen (secondary N) is 2. The minimum Gasteiger partial charge on any atom is -0.387 e. The zero-order valence-corrected chi connectivity index (χ0v) is 11.3. The van der Waals surface area contributed by atoms with Crippen LogP contribution in [0.25, 0.3) is 0 Å². The highest BCUT2D eigenvalue weighted by Crippen LogP contribution is 2.18. The lowest BCUT2D eigenvalue weighted by Crippen LogP contribution is -2.15. The summed E-state index contributed by atoms with van der Waals surface area (Å²) in [6.07, 6.45) is 1.68. The number of carbonyl (C=O) groups is 1. The van der Waals surface area contributed by atoms with Gasteiger partial charge in [-0.1, -0.05) is 6.07 Å². The summed E-state index contributed by atoms with van der Waals surface area (Å²) in [7, 11) is 1.80. The third-order valence-corrected chi connectivity index (χ3v) is 2.85. The molecule has 0 aliphatic rings. The Hall–Kier alpha value is -2.36. The van der Waals surface area contributed by atoms with E-state index in [0.29, 0.717) is 11.4 Å². The second-order valence-corrected chi connectivity index (χ2v) is 4.47. The van der Waals surface area contributed by atoms with Crippen LogP contribution in [-0.2, 0) is 0 Å². The first kappa shape index (κ1) is 13.1. The minimum absolute atomic E-state index is 0.164. The maximum atomic E-state index is 12.2. The molecule has 0 radical (unpaired) electrons. The van der Waals surface area contributed by atoms with E-state index in [2.05, 4.69) is 15.6 Å². The Morgan fingerprint density at radius 3 is 2.53 bits per heavy atom. The zero-order valence-electron chi connectivity index (χ0n) is 11.3.